The molecule has 0 aromatic heterocycles. The van der Waals surface area contributed by atoms with Gasteiger partial charge in [0.05, 0.1) is 5.56 Å². The normalized spacial score (nSPS) is 19.2. The van der Waals surface area contributed by atoms with Crippen LogP contribution in [0.5, 0.6) is 0 Å². The molecular formula is C14H18BrClN2O. The molecule has 5 heteroatoms. The summed E-state index contributed by atoms with van der Waals surface area (Å²) in [5.74, 6) is 0.634. The number of benzene rings is 1. The number of halogens is 2. The molecule has 0 bridgehead atoms. The zero-order valence-corrected chi connectivity index (χ0v) is 13.1. The van der Waals surface area contributed by atoms with E-state index < -0.39 is 0 Å². The Labute approximate surface area is 127 Å². The van der Waals surface area contributed by atoms with Gasteiger partial charge in [0.1, 0.15) is 0 Å². The van der Waals surface area contributed by atoms with Crippen LogP contribution in [0.2, 0.25) is 5.02 Å². The van der Waals surface area contributed by atoms with Crippen molar-refractivity contribution in [3.63, 3.8) is 0 Å². The molecule has 1 fully saturated rings. The van der Waals surface area contributed by atoms with Crippen LogP contribution < -0.4 is 10.6 Å². The molecule has 1 atom stereocenters. The second-order valence-corrected chi connectivity index (χ2v) is 6.17. The Bertz CT molecular complexity index is 447. The van der Waals surface area contributed by atoms with Gasteiger partial charge in [-0.05, 0) is 72.4 Å². The fourth-order valence-electron chi connectivity index (χ4n) is 2.33. The summed E-state index contributed by atoms with van der Waals surface area (Å²) in [5.41, 5.74) is 0.631. The van der Waals surface area contributed by atoms with E-state index in [0.29, 0.717) is 16.5 Å². The number of rotatable bonds is 4. The molecule has 0 aliphatic carbocycles. The van der Waals surface area contributed by atoms with E-state index in [4.69, 9.17) is 11.6 Å². The third-order valence-corrected chi connectivity index (χ3v) is 4.30. The van der Waals surface area contributed by atoms with Crippen LogP contribution in [0.3, 0.4) is 0 Å². The van der Waals surface area contributed by atoms with Gasteiger partial charge in [-0.1, -0.05) is 11.6 Å². The number of piperidine rings is 1. The minimum atomic E-state index is -0.0488. The fraction of sp³-hybridized carbons (Fsp3) is 0.500. The van der Waals surface area contributed by atoms with Crippen LogP contribution in [0.1, 0.15) is 29.6 Å². The summed E-state index contributed by atoms with van der Waals surface area (Å²) in [6.45, 7) is 2.92. The van der Waals surface area contributed by atoms with Gasteiger partial charge < -0.3 is 10.6 Å². The largest absolute Gasteiger partial charge is 0.352 e. The molecule has 1 heterocycles. The summed E-state index contributed by atoms with van der Waals surface area (Å²) in [6, 6.07) is 5.21. The van der Waals surface area contributed by atoms with Gasteiger partial charge in [-0.2, -0.15) is 0 Å². The van der Waals surface area contributed by atoms with Crippen molar-refractivity contribution in [1.29, 1.82) is 0 Å². The van der Waals surface area contributed by atoms with Crippen LogP contribution >= 0.6 is 27.5 Å². The molecule has 1 aliphatic heterocycles. The van der Waals surface area contributed by atoms with Crippen molar-refractivity contribution >= 4 is 33.4 Å². The average molecular weight is 346 g/mol. The summed E-state index contributed by atoms with van der Waals surface area (Å²) >= 11 is 9.22. The first kappa shape index (κ1) is 14.8. The van der Waals surface area contributed by atoms with Crippen molar-refractivity contribution in [2.45, 2.75) is 19.3 Å². The van der Waals surface area contributed by atoms with Gasteiger partial charge in [0.15, 0.2) is 0 Å². The molecule has 19 heavy (non-hydrogen) atoms. The molecule has 0 radical (unpaired) electrons. The quantitative estimate of drug-likeness (QED) is 0.879. The Morgan fingerprint density at radius 1 is 1.53 bits per heavy atom. The van der Waals surface area contributed by atoms with E-state index >= 15 is 0 Å². The molecule has 1 unspecified atom stereocenters. The second-order valence-electron chi connectivity index (χ2n) is 4.88. The van der Waals surface area contributed by atoms with E-state index in [1.807, 2.05) is 0 Å². The fourth-order valence-corrected chi connectivity index (χ4v) is 3.19. The third kappa shape index (κ3) is 4.48. The number of carbonyl (C=O) groups is 1. The lowest BCUT2D eigenvalue weighted by molar-refractivity contribution is 0.0950. The van der Waals surface area contributed by atoms with Crippen molar-refractivity contribution in [2.75, 3.05) is 19.6 Å². The van der Waals surface area contributed by atoms with Gasteiger partial charge in [0, 0.05) is 16.0 Å². The summed E-state index contributed by atoms with van der Waals surface area (Å²) in [7, 11) is 0. The number of nitrogens with one attached hydrogen (secondary N) is 2. The highest BCUT2D eigenvalue weighted by Crippen LogP contribution is 2.21. The maximum absolute atomic E-state index is 12.0. The predicted molar refractivity (Wildman–Crippen MR) is 81.7 cm³/mol. The highest BCUT2D eigenvalue weighted by atomic mass is 79.9. The molecule has 1 aliphatic rings. The maximum Gasteiger partial charge on any atom is 0.252 e. The van der Waals surface area contributed by atoms with Crippen LogP contribution in [0.4, 0.5) is 0 Å². The van der Waals surface area contributed by atoms with Crippen molar-refractivity contribution in [2.24, 2.45) is 5.92 Å². The van der Waals surface area contributed by atoms with Crippen LogP contribution in [-0.4, -0.2) is 25.5 Å². The molecule has 1 saturated heterocycles. The van der Waals surface area contributed by atoms with E-state index in [1.54, 1.807) is 18.2 Å². The predicted octanol–water partition coefficient (Wildman–Crippen LogP) is 3.22. The number of carbonyl (C=O) groups excluding carboxylic acids is 1. The molecule has 104 valence electrons. The van der Waals surface area contributed by atoms with E-state index in [1.165, 1.54) is 12.8 Å². The smallest absolute Gasteiger partial charge is 0.252 e. The van der Waals surface area contributed by atoms with Crippen molar-refractivity contribution in [3.05, 3.63) is 33.3 Å². The van der Waals surface area contributed by atoms with Gasteiger partial charge in [-0.15, -0.1) is 0 Å². The summed E-state index contributed by atoms with van der Waals surface area (Å²) in [5, 5.41) is 6.97. The maximum atomic E-state index is 12.0. The first-order valence-corrected chi connectivity index (χ1v) is 7.78. The molecule has 2 rings (SSSR count). The van der Waals surface area contributed by atoms with E-state index in [9.17, 15) is 4.79 Å². The molecule has 1 aromatic rings. The molecule has 2 N–H and O–H groups in total. The molecule has 1 aromatic carbocycles. The molecular weight excluding hydrogens is 328 g/mol. The minimum absolute atomic E-state index is 0.0488. The van der Waals surface area contributed by atoms with E-state index in [-0.39, 0.29) is 5.91 Å². The number of hydrogen-bond acceptors (Lipinski definition) is 2. The monoisotopic (exact) mass is 344 g/mol. The lowest BCUT2D eigenvalue weighted by Gasteiger charge is -2.22. The van der Waals surface area contributed by atoms with Gasteiger partial charge >= 0.3 is 0 Å². The van der Waals surface area contributed by atoms with Gasteiger partial charge in [0.2, 0.25) is 0 Å². The Hall–Kier alpha value is -0.580. The van der Waals surface area contributed by atoms with Crippen LogP contribution in [0.25, 0.3) is 0 Å². The average Bonchev–Trinajstić information content (AvgIpc) is 2.39. The summed E-state index contributed by atoms with van der Waals surface area (Å²) in [6.07, 6.45) is 3.53. The zero-order valence-electron chi connectivity index (χ0n) is 10.7. The Kier molecular flexibility index (Phi) is 5.67. The van der Waals surface area contributed by atoms with Crippen LogP contribution in [0.15, 0.2) is 22.7 Å². The lowest BCUT2D eigenvalue weighted by Crippen LogP contribution is -2.33. The first-order valence-electron chi connectivity index (χ1n) is 6.61. The highest BCUT2D eigenvalue weighted by Gasteiger charge is 2.14. The summed E-state index contributed by atoms with van der Waals surface area (Å²) < 4.78 is 0.733. The first-order chi connectivity index (χ1) is 9.16. The molecule has 0 saturated carbocycles. The van der Waals surface area contributed by atoms with E-state index in [0.717, 1.165) is 30.5 Å². The number of hydrogen-bond donors (Lipinski definition) is 2. The van der Waals surface area contributed by atoms with Gasteiger partial charge in [-0.25, -0.2) is 0 Å². The Balaban J connectivity index is 1.80. The van der Waals surface area contributed by atoms with E-state index in [2.05, 4.69) is 26.6 Å². The highest BCUT2D eigenvalue weighted by molar-refractivity contribution is 9.10. The van der Waals surface area contributed by atoms with Crippen LogP contribution in [0, 0.1) is 5.92 Å². The van der Waals surface area contributed by atoms with Crippen molar-refractivity contribution in [1.82, 2.24) is 10.6 Å². The van der Waals surface area contributed by atoms with Crippen molar-refractivity contribution < 1.29 is 4.79 Å². The second kappa shape index (κ2) is 7.27. The molecule has 1 amide bonds. The minimum Gasteiger partial charge on any atom is -0.352 e. The number of amides is 1. The standard InChI is InChI=1S/C14H18BrClN2O/c15-13-8-11(16)3-4-12(13)14(19)18-7-5-10-2-1-6-17-9-10/h3-4,8,10,17H,1-2,5-7,9H2,(H,18,19). The van der Waals surface area contributed by atoms with Crippen molar-refractivity contribution in [3.8, 4) is 0 Å². The van der Waals surface area contributed by atoms with Crippen LogP contribution in [-0.2, 0) is 0 Å². The topological polar surface area (TPSA) is 41.1 Å². The van der Waals surface area contributed by atoms with Gasteiger partial charge in [-0.3, -0.25) is 4.79 Å². The summed E-state index contributed by atoms with van der Waals surface area (Å²) in [4.78, 5) is 12.0. The Morgan fingerprint density at radius 2 is 2.37 bits per heavy atom. The molecule has 3 nitrogen and oxygen atoms in total. The Morgan fingerprint density at radius 3 is 3.05 bits per heavy atom. The van der Waals surface area contributed by atoms with Gasteiger partial charge in [0.25, 0.3) is 5.91 Å². The molecule has 0 spiro atoms. The zero-order chi connectivity index (χ0) is 13.7. The SMILES string of the molecule is O=C(NCCC1CCCNC1)c1ccc(Cl)cc1Br. The lowest BCUT2D eigenvalue weighted by atomic mass is 9.96. The third-order valence-electron chi connectivity index (χ3n) is 3.41.